The molecule has 8 heteroatoms. The zero-order chi connectivity index (χ0) is 16.3. The predicted octanol–water partition coefficient (Wildman–Crippen LogP) is 3.23. The Morgan fingerprint density at radius 3 is 2.41 bits per heavy atom. The van der Waals surface area contributed by atoms with Gasteiger partial charge in [-0.15, -0.1) is 0 Å². The van der Waals surface area contributed by atoms with Crippen LogP contribution in [0.3, 0.4) is 0 Å². The van der Waals surface area contributed by atoms with Crippen molar-refractivity contribution in [1.29, 1.82) is 0 Å². The van der Waals surface area contributed by atoms with Gasteiger partial charge < -0.3 is 4.74 Å². The molecular formula is C14H12ClNO5S. The quantitative estimate of drug-likeness (QED) is 0.615. The molecule has 0 heterocycles. The summed E-state index contributed by atoms with van der Waals surface area (Å²) in [4.78, 5) is 10.1. The van der Waals surface area contributed by atoms with Crippen LogP contribution in [-0.2, 0) is 16.4 Å². The molecule has 0 bridgehead atoms. The Morgan fingerprint density at radius 2 is 1.86 bits per heavy atom. The number of ether oxygens (including phenoxy) is 1. The molecule has 0 amide bonds. The van der Waals surface area contributed by atoms with Gasteiger partial charge in [0.2, 0.25) is 5.75 Å². The highest BCUT2D eigenvalue weighted by molar-refractivity contribution is 7.90. The minimum Gasteiger partial charge on any atom is -0.481 e. The Morgan fingerprint density at radius 1 is 1.23 bits per heavy atom. The Bertz CT molecular complexity index is 805. The van der Waals surface area contributed by atoms with E-state index in [1.165, 1.54) is 0 Å². The Hall–Kier alpha value is -2.12. The van der Waals surface area contributed by atoms with E-state index in [2.05, 4.69) is 0 Å². The van der Waals surface area contributed by atoms with E-state index >= 15 is 0 Å². The molecule has 0 aliphatic heterocycles. The molecule has 0 saturated carbocycles. The van der Waals surface area contributed by atoms with Gasteiger partial charge >= 0.3 is 5.69 Å². The molecule has 2 rings (SSSR count). The molecule has 0 aliphatic carbocycles. The third-order valence-corrected chi connectivity index (χ3v) is 4.14. The maximum atomic E-state index is 11.8. The molecule has 22 heavy (non-hydrogen) atoms. The van der Waals surface area contributed by atoms with Crippen molar-refractivity contribution in [2.75, 3.05) is 6.26 Å². The first-order valence-electron chi connectivity index (χ1n) is 6.14. The van der Waals surface area contributed by atoms with Crippen molar-refractivity contribution in [3.05, 3.63) is 63.2 Å². The lowest BCUT2D eigenvalue weighted by Crippen LogP contribution is -2.06. The molecule has 116 valence electrons. The maximum absolute atomic E-state index is 11.8. The molecule has 2 aromatic rings. The minimum absolute atomic E-state index is 0.00579. The van der Waals surface area contributed by atoms with Gasteiger partial charge in [-0.3, -0.25) is 10.1 Å². The second kappa shape index (κ2) is 6.33. The molecule has 0 aromatic heterocycles. The second-order valence-corrected chi connectivity index (χ2v) is 6.98. The standard InChI is InChI=1S/C14H12ClNO5S/c1-22(19,20)13-8-11(15)7-12(16(17)18)14(13)21-9-10-5-3-2-4-6-10/h2-8H,9H2,1H3. The number of hydrogen-bond donors (Lipinski definition) is 0. The third kappa shape index (κ3) is 3.75. The van der Waals surface area contributed by atoms with E-state index in [0.717, 1.165) is 24.0 Å². The van der Waals surface area contributed by atoms with E-state index in [1.807, 2.05) is 6.07 Å². The van der Waals surface area contributed by atoms with Gasteiger partial charge in [-0.05, 0) is 11.6 Å². The molecule has 0 atom stereocenters. The van der Waals surface area contributed by atoms with Gasteiger partial charge in [0.1, 0.15) is 11.5 Å². The monoisotopic (exact) mass is 341 g/mol. The van der Waals surface area contributed by atoms with Crippen molar-refractivity contribution < 1.29 is 18.1 Å². The number of sulfone groups is 1. The topological polar surface area (TPSA) is 86.5 Å². The van der Waals surface area contributed by atoms with Crippen molar-refractivity contribution in [2.24, 2.45) is 0 Å². The van der Waals surface area contributed by atoms with Crippen molar-refractivity contribution in [2.45, 2.75) is 11.5 Å². The van der Waals surface area contributed by atoms with E-state index in [9.17, 15) is 18.5 Å². The summed E-state index contributed by atoms with van der Waals surface area (Å²) >= 11 is 5.76. The highest BCUT2D eigenvalue weighted by Gasteiger charge is 2.26. The number of hydrogen-bond acceptors (Lipinski definition) is 5. The number of nitro groups is 1. The lowest BCUT2D eigenvalue weighted by atomic mass is 10.2. The van der Waals surface area contributed by atoms with Crippen LogP contribution in [0.25, 0.3) is 0 Å². The van der Waals surface area contributed by atoms with Crippen molar-refractivity contribution in [3.63, 3.8) is 0 Å². The Balaban J connectivity index is 2.49. The molecule has 0 N–H and O–H groups in total. The number of rotatable bonds is 5. The first-order valence-corrected chi connectivity index (χ1v) is 8.40. The highest BCUT2D eigenvalue weighted by atomic mass is 35.5. The molecule has 0 aliphatic rings. The van der Waals surface area contributed by atoms with Crippen LogP contribution in [0.4, 0.5) is 5.69 Å². The van der Waals surface area contributed by atoms with Gasteiger partial charge in [0, 0.05) is 17.3 Å². The molecule has 0 radical (unpaired) electrons. The first kappa shape index (κ1) is 16.3. The van der Waals surface area contributed by atoms with Crippen LogP contribution in [0, 0.1) is 10.1 Å². The van der Waals surface area contributed by atoms with Gasteiger partial charge in [0.25, 0.3) is 0 Å². The summed E-state index contributed by atoms with van der Waals surface area (Å²) in [5.41, 5.74) is 0.273. The van der Waals surface area contributed by atoms with Crippen LogP contribution in [0.15, 0.2) is 47.4 Å². The molecular weight excluding hydrogens is 330 g/mol. The lowest BCUT2D eigenvalue weighted by Gasteiger charge is -2.11. The molecule has 2 aromatic carbocycles. The number of benzene rings is 2. The molecule has 6 nitrogen and oxygen atoms in total. The van der Waals surface area contributed by atoms with E-state index in [1.54, 1.807) is 24.3 Å². The SMILES string of the molecule is CS(=O)(=O)c1cc(Cl)cc([N+](=O)[O-])c1OCc1ccccc1. The fourth-order valence-corrected chi connectivity index (χ4v) is 2.96. The zero-order valence-corrected chi connectivity index (χ0v) is 13.1. The smallest absolute Gasteiger partial charge is 0.313 e. The maximum Gasteiger partial charge on any atom is 0.313 e. The average molecular weight is 342 g/mol. The average Bonchev–Trinajstić information content (AvgIpc) is 2.45. The number of halogens is 1. The van der Waals surface area contributed by atoms with Crippen LogP contribution < -0.4 is 4.74 Å². The van der Waals surface area contributed by atoms with E-state index < -0.39 is 20.4 Å². The van der Waals surface area contributed by atoms with Crippen LogP contribution >= 0.6 is 11.6 Å². The minimum atomic E-state index is -3.73. The molecule has 0 saturated heterocycles. The van der Waals surface area contributed by atoms with Crippen LogP contribution in [0.5, 0.6) is 5.75 Å². The largest absolute Gasteiger partial charge is 0.481 e. The van der Waals surface area contributed by atoms with Crippen LogP contribution in [-0.4, -0.2) is 19.6 Å². The normalized spacial score (nSPS) is 11.2. The van der Waals surface area contributed by atoms with Gasteiger partial charge in [-0.25, -0.2) is 8.42 Å². The van der Waals surface area contributed by atoms with Crippen molar-refractivity contribution in [1.82, 2.24) is 0 Å². The van der Waals surface area contributed by atoms with Gasteiger partial charge in [0.15, 0.2) is 9.84 Å². The summed E-state index contributed by atoms with van der Waals surface area (Å²) in [5.74, 6) is -0.305. The first-order chi connectivity index (χ1) is 10.3. The highest BCUT2D eigenvalue weighted by Crippen LogP contribution is 2.37. The van der Waals surface area contributed by atoms with Gasteiger partial charge in [-0.1, -0.05) is 41.9 Å². The summed E-state index contributed by atoms with van der Waals surface area (Å²) in [6.07, 6.45) is 0.942. The Labute approximate surface area is 132 Å². The molecule has 0 spiro atoms. The predicted molar refractivity (Wildman–Crippen MR) is 82.0 cm³/mol. The van der Waals surface area contributed by atoms with Gasteiger partial charge in [-0.2, -0.15) is 0 Å². The van der Waals surface area contributed by atoms with Crippen LogP contribution in [0.1, 0.15) is 5.56 Å². The summed E-state index contributed by atoms with van der Waals surface area (Å²) in [6, 6.07) is 11.1. The number of nitrogens with zero attached hydrogens (tertiary/aromatic N) is 1. The molecule has 0 fully saturated rings. The second-order valence-electron chi connectivity index (χ2n) is 4.56. The fourth-order valence-electron chi connectivity index (χ4n) is 1.84. The van der Waals surface area contributed by atoms with Crippen LogP contribution in [0.2, 0.25) is 5.02 Å². The van der Waals surface area contributed by atoms with Crippen molar-refractivity contribution >= 4 is 27.1 Å². The summed E-state index contributed by atoms with van der Waals surface area (Å²) in [5, 5.41) is 11.1. The summed E-state index contributed by atoms with van der Waals surface area (Å²) < 4.78 is 29.1. The number of nitro benzene ring substituents is 1. The van der Waals surface area contributed by atoms with Crippen molar-refractivity contribution in [3.8, 4) is 5.75 Å². The van der Waals surface area contributed by atoms with E-state index in [4.69, 9.17) is 16.3 Å². The molecule has 0 unspecified atom stereocenters. The third-order valence-electron chi connectivity index (χ3n) is 2.82. The fraction of sp³-hybridized carbons (Fsp3) is 0.143. The van der Waals surface area contributed by atoms with E-state index in [-0.39, 0.29) is 22.3 Å². The summed E-state index contributed by atoms with van der Waals surface area (Å²) in [6.45, 7) is 0.00579. The zero-order valence-electron chi connectivity index (χ0n) is 11.5. The Kier molecular flexibility index (Phi) is 4.68. The summed E-state index contributed by atoms with van der Waals surface area (Å²) in [7, 11) is -3.73. The van der Waals surface area contributed by atoms with E-state index in [0.29, 0.717) is 0 Å². The lowest BCUT2D eigenvalue weighted by molar-refractivity contribution is -0.386. The van der Waals surface area contributed by atoms with Gasteiger partial charge in [0.05, 0.1) is 4.92 Å².